The van der Waals surface area contributed by atoms with Crippen LogP contribution in [0.5, 0.6) is 0 Å². The zero-order chi connectivity index (χ0) is 98.8. The highest BCUT2D eigenvalue weighted by Crippen LogP contribution is 2.68. The van der Waals surface area contributed by atoms with E-state index >= 15 is 0 Å². The molecule has 2 heteroatoms. The molecular weight excluding hydrogens is 1710 g/mol. The molecule has 16 bridgehead atoms. The van der Waals surface area contributed by atoms with Gasteiger partial charge in [-0.3, -0.25) is 0 Å². The molecule has 28 rings (SSSR count). The van der Waals surface area contributed by atoms with Crippen LogP contribution in [0.2, 0.25) is 0 Å². The predicted molar refractivity (Wildman–Crippen MR) is 608 cm³/mol. The van der Waals surface area contributed by atoms with Gasteiger partial charge in [0.25, 0.3) is 0 Å². The summed E-state index contributed by atoms with van der Waals surface area (Å²) >= 11 is 0. The molecule has 738 valence electrons. The fourth-order valence-electron chi connectivity index (χ4n) is 33.3. The molecule has 0 heterocycles. The van der Waals surface area contributed by atoms with Gasteiger partial charge in [-0.15, -0.1) is 0 Å². The fraction of sp³-hybridized carbons (Fsp3) is 0.514. The van der Waals surface area contributed by atoms with Gasteiger partial charge in [-0.25, -0.2) is 0 Å². The Hall–Kier alpha value is -9.24. The summed E-state index contributed by atoms with van der Waals surface area (Å²) in [7, 11) is 0. The van der Waals surface area contributed by atoms with E-state index in [4.69, 9.17) is 10.6 Å². The van der Waals surface area contributed by atoms with Crippen molar-refractivity contribution in [1.82, 2.24) is 0 Å². The van der Waals surface area contributed by atoms with E-state index in [1.54, 1.807) is 22.3 Å². The van der Waals surface area contributed by atoms with Gasteiger partial charge in [-0.1, -0.05) is 330 Å². The molecular formula is C140H168N2. The lowest BCUT2D eigenvalue weighted by Gasteiger charge is -2.56. The van der Waals surface area contributed by atoms with Crippen LogP contribution in [0.3, 0.4) is 0 Å². The number of fused-ring (bicyclic) bond motifs is 2. The quantitative estimate of drug-likeness (QED) is 0.0790. The van der Waals surface area contributed by atoms with E-state index in [0.717, 1.165) is 82.4 Å². The molecule has 0 radical (unpaired) electrons. The van der Waals surface area contributed by atoms with Gasteiger partial charge in [-0.2, -0.15) is 0 Å². The molecule has 16 fully saturated rings. The second kappa shape index (κ2) is 34.2. The lowest BCUT2D eigenvalue weighted by atomic mass is 9.49. The van der Waals surface area contributed by atoms with E-state index in [1.165, 1.54) is 284 Å². The van der Waals surface area contributed by atoms with Gasteiger partial charge in [0, 0.05) is 38.5 Å². The third-order valence-electron chi connectivity index (χ3n) is 39.8. The number of benzene rings is 12. The van der Waals surface area contributed by atoms with Gasteiger partial charge in [0.05, 0.1) is 11.4 Å². The van der Waals surface area contributed by atoms with E-state index in [9.17, 15) is 0 Å². The minimum absolute atomic E-state index is 0.0981. The highest BCUT2D eigenvalue weighted by Gasteiger charge is 2.55. The van der Waals surface area contributed by atoms with Crippen LogP contribution in [0.4, 0.5) is 22.7 Å². The molecule has 0 aromatic heterocycles. The van der Waals surface area contributed by atoms with Crippen LogP contribution < -0.4 is 10.6 Å². The van der Waals surface area contributed by atoms with Crippen molar-refractivity contribution in [3.63, 3.8) is 0 Å². The molecule has 0 amide bonds. The molecule has 142 heavy (non-hydrogen) atoms. The SMILES string of the molecule is CC(C)(C)c1cc(-c2cc(Nc3c4ccccc4c(Nc4cc(-c5cc(C(C)(C)C)cc(C(C)(C)C)c5)cc(-c5cc(C(C)(C)C)cc(C(C)(C)C)c5)c4)c4c(-c5cc(C6C7CC8CC(C7)CC6C8)cc(C6C7CC8CC(C7)CC6C8)c5)c(-c5ccccc5)c(-c5cc(C6C7CC8CC(C7)CC6C8)cc(C6C7CC8CC(C7)CC6C8)c5)cc34)cc(-c3cc(C(C)(C)C)cc(C(C)(C)C)c3)c2)cc(C(C)(C)C)c1. The topological polar surface area (TPSA) is 24.1 Å². The van der Waals surface area contributed by atoms with Crippen molar-refractivity contribution in [3.8, 4) is 77.9 Å². The van der Waals surface area contributed by atoms with Gasteiger partial charge < -0.3 is 10.6 Å². The van der Waals surface area contributed by atoms with E-state index in [1.807, 2.05) is 0 Å². The van der Waals surface area contributed by atoms with Crippen molar-refractivity contribution < 1.29 is 0 Å². The highest BCUT2D eigenvalue weighted by atomic mass is 14.9. The molecule has 0 unspecified atom stereocenters. The molecule has 0 saturated heterocycles. The minimum Gasteiger partial charge on any atom is -0.354 e. The lowest BCUT2D eigenvalue weighted by molar-refractivity contribution is -0.00507. The number of hydrogen-bond donors (Lipinski definition) is 2. The smallest absolute Gasteiger partial charge is 0.0551 e. The third-order valence-corrected chi connectivity index (χ3v) is 39.8. The molecule has 16 aliphatic rings. The number of hydrogen-bond acceptors (Lipinski definition) is 2. The Labute approximate surface area is 856 Å². The molecule has 16 saturated carbocycles. The maximum Gasteiger partial charge on any atom is 0.0551 e. The summed E-state index contributed by atoms with van der Waals surface area (Å²) in [6.45, 7) is 58.0. The van der Waals surface area contributed by atoms with Crippen molar-refractivity contribution in [2.24, 2.45) is 94.7 Å². The van der Waals surface area contributed by atoms with Gasteiger partial charge in [0.15, 0.2) is 0 Å². The normalized spacial score (nSPS) is 28.1. The van der Waals surface area contributed by atoms with E-state index in [-0.39, 0.29) is 43.3 Å². The van der Waals surface area contributed by atoms with Crippen molar-refractivity contribution in [2.45, 2.75) is 362 Å². The number of anilines is 4. The van der Waals surface area contributed by atoms with Crippen LogP contribution in [0.1, 0.15) is 385 Å². The van der Waals surface area contributed by atoms with Crippen LogP contribution in [-0.2, 0) is 43.3 Å². The Kier molecular flexibility index (Phi) is 22.9. The average molecular weight is 1880 g/mol. The molecule has 0 spiro atoms. The van der Waals surface area contributed by atoms with E-state index in [0.29, 0.717) is 47.3 Å². The third kappa shape index (κ3) is 17.6. The molecule has 2 nitrogen and oxygen atoms in total. The first kappa shape index (κ1) is 95.0. The highest BCUT2D eigenvalue weighted by molar-refractivity contribution is 6.28. The summed E-state index contributed by atoms with van der Waals surface area (Å²) in [5.41, 5.74) is 39.8. The van der Waals surface area contributed by atoms with Crippen molar-refractivity contribution in [1.29, 1.82) is 0 Å². The van der Waals surface area contributed by atoms with Crippen LogP contribution in [-0.4, -0.2) is 0 Å². The van der Waals surface area contributed by atoms with Crippen LogP contribution in [0.15, 0.2) is 206 Å². The monoisotopic (exact) mass is 1880 g/mol. The Morgan fingerprint density at radius 3 is 0.676 bits per heavy atom. The van der Waals surface area contributed by atoms with Gasteiger partial charge in [-0.05, 0) is 472 Å². The van der Waals surface area contributed by atoms with Gasteiger partial charge >= 0.3 is 0 Å². The first-order valence-corrected chi connectivity index (χ1v) is 57.1. The summed E-state index contributed by atoms with van der Waals surface area (Å²) < 4.78 is 0. The second-order valence-corrected chi connectivity index (χ2v) is 58.4. The second-order valence-electron chi connectivity index (χ2n) is 58.4. The Morgan fingerprint density at radius 1 is 0.183 bits per heavy atom. The van der Waals surface area contributed by atoms with Gasteiger partial charge in [0.2, 0.25) is 0 Å². The Balaban J connectivity index is 0.859. The van der Waals surface area contributed by atoms with Crippen LogP contribution in [0, 0.1) is 94.7 Å². The average Bonchev–Trinajstić information content (AvgIpc) is 0.701. The van der Waals surface area contributed by atoms with E-state index in [2.05, 4.69) is 372 Å². The first-order chi connectivity index (χ1) is 67.2. The molecule has 16 aliphatic carbocycles. The van der Waals surface area contributed by atoms with Gasteiger partial charge in [0.1, 0.15) is 0 Å². The van der Waals surface area contributed by atoms with Crippen molar-refractivity contribution in [2.75, 3.05) is 10.6 Å². The number of nitrogens with one attached hydrogen (secondary N) is 2. The zero-order valence-corrected chi connectivity index (χ0v) is 91.3. The number of rotatable bonds is 15. The zero-order valence-electron chi connectivity index (χ0n) is 91.3. The Morgan fingerprint density at radius 2 is 0.415 bits per heavy atom. The summed E-state index contributed by atoms with van der Waals surface area (Å²) in [4.78, 5) is 0. The standard InChI is InChI=1S/C140H168N2/c1-133(2,3)110-62-92(63-111(74-110)134(4,5)6)88-54-89(93-64-112(135(7,8)9)75-113(65-93)136(10,11)12)71-118(70-88)141-131-120-32-28-29-33-121(120)132(142-119-72-90(94-66-114(137(13,14)15)76-115(67-94)138(16,17)18)55-91(73-119)95-68-116(139(19,20)21)77-117(69-95)140(22,23)24)130-123(131)78-122(96-56-105(124-97-38-79-34-80(40-97)41-98(124)39-79)58-106(57-96)125-99-42-81-35-82(44-99)45-100(125)43-81)128(87-30-26-25-27-31-87)129(130)109-60-107(126-101-46-83-36-84(48-101)49-102(126)47-83)59-108(61-109)127-103-50-85-37-86(52-103)53-104(127)51-85/h25-33,54-86,97-104,124-127,141-142H,34-53H2,1-24H3. The predicted octanol–water partition coefficient (Wildman–Crippen LogP) is 39.7. The Bertz CT molecular complexity index is 6420. The molecule has 2 N–H and O–H groups in total. The maximum atomic E-state index is 4.84. The van der Waals surface area contributed by atoms with Crippen LogP contribution in [0.25, 0.3) is 99.4 Å². The molecule has 0 atom stereocenters. The van der Waals surface area contributed by atoms with Crippen LogP contribution >= 0.6 is 0 Å². The molecule has 12 aromatic carbocycles. The van der Waals surface area contributed by atoms with Crippen molar-refractivity contribution >= 4 is 44.3 Å². The molecule has 0 aliphatic heterocycles. The minimum atomic E-state index is -0.101. The first-order valence-electron chi connectivity index (χ1n) is 57.1. The van der Waals surface area contributed by atoms with E-state index < -0.39 is 0 Å². The molecule has 12 aromatic rings. The fourth-order valence-corrected chi connectivity index (χ4v) is 33.3. The van der Waals surface area contributed by atoms with Crippen molar-refractivity contribution in [3.05, 3.63) is 273 Å². The lowest BCUT2D eigenvalue weighted by Crippen LogP contribution is -2.44. The summed E-state index contributed by atoms with van der Waals surface area (Å²) in [5, 5.41) is 14.6. The largest absolute Gasteiger partial charge is 0.354 e. The summed E-state index contributed by atoms with van der Waals surface area (Å²) in [6, 6.07) is 88.6. The summed E-state index contributed by atoms with van der Waals surface area (Å²) in [5.74, 6) is 15.0. The maximum absolute atomic E-state index is 4.84. The summed E-state index contributed by atoms with van der Waals surface area (Å²) in [6.07, 6.45) is 28.2.